The number of nitrogens with two attached hydrogens (primary N) is 1. The van der Waals surface area contributed by atoms with Gasteiger partial charge in [0.15, 0.2) is 0 Å². The van der Waals surface area contributed by atoms with E-state index in [1.807, 2.05) is 55.6 Å². The SMILES string of the molecule is Cc1cc2c(N)nccc2c(C)c1CNC(=O)c1cnn(Cc2cn3c(C)c(Cl)ccc3n2)c1. The maximum Gasteiger partial charge on any atom is 0.254 e. The third-order valence-electron chi connectivity index (χ3n) is 6.23. The van der Waals surface area contributed by atoms with Crippen LogP contribution in [-0.2, 0) is 13.1 Å². The van der Waals surface area contributed by atoms with Crippen LogP contribution in [0.2, 0.25) is 5.02 Å². The van der Waals surface area contributed by atoms with E-state index in [1.54, 1.807) is 23.3 Å². The normalized spacial score (nSPS) is 11.4. The smallest absolute Gasteiger partial charge is 0.254 e. The van der Waals surface area contributed by atoms with E-state index in [0.717, 1.165) is 44.5 Å². The summed E-state index contributed by atoms with van der Waals surface area (Å²) in [6, 6.07) is 7.69. The molecule has 0 fully saturated rings. The van der Waals surface area contributed by atoms with Crippen LogP contribution in [0.5, 0.6) is 0 Å². The summed E-state index contributed by atoms with van der Waals surface area (Å²) >= 11 is 6.21. The highest BCUT2D eigenvalue weighted by Gasteiger charge is 2.14. The van der Waals surface area contributed by atoms with Crippen LogP contribution in [-0.4, -0.2) is 30.1 Å². The maximum atomic E-state index is 12.8. The topological polar surface area (TPSA) is 103 Å². The Hall–Kier alpha value is -3.91. The Morgan fingerprint density at radius 2 is 1.97 bits per heavy atom. The summed E-state index contributed by atoms with van der Waals surface area (Å²) in [6.07, 6.45) is 6.94. The molecule has 172 valence electrons. The summed E-state index contributed by atoms with van der Waals surface area (Å²) in [5.74, 6) is 0.326. The second-order valence-corrected chi connectivity index (χ2v) is 8.83. The molecule has 34 heavy (non-hydrogen) atoms. The standard InChI is InChI=1S/C25H24ClN7O/c1-14-8-20-19(6-7-28-24(20)27)15(2)21(14)10-29-25(34)17-9-30-32(11-17)12-18-13-33-16(3)22(26)4-5-23(33)31-18/h4-9,11,13H,10,12H2,1-3H3,(H2,27,28)(H,29,34). The Balaban J connectivity index is 1.31. The summed E-state index contributed by atoms with van der Waals surface area (Å²) in [5, 5.41) is 10.0. The number of aromatic nitrogens is 5. The van der Waals surface area contributed by atoms with Gasteiger partial charge in [0.2, 0.25) is 0 Å². The fourth-order valence-corrected chi connectivity index (χ4v) is 4.45. The summed E-state index contributed by atoms with van der Waals surface area (Å²) in [4.78, 5) is 21.6. The summed E-state index contributed by atoms with van der Waals surface area (Å²) in [6.45, 7) is 6.86. The van der Waals surface area contributed by atoms with Crippen LogP contribution in [0, 0.1) is 20.8 Å². The fraction of sp³-hybridized carbons (Fsp3) is 0.200. The minimum atomic E-state index is -0.183. The molecule has 0 spiro atoms. The number of hydrogen-bond donors (Lipinski definition) is 2. The van der Waals surface area contributed by atoms with Gasteiger partial charge in [-0.1, -0.05) is 11.6 Å². The fourth-order valence-electron chi connectivity index (χ4n) is 4.30. The van der Waals surface area contributed by atoms with Gasteiger partial charge >= 0.3 is 0 Å². The molecule has 0 bridgehead atoms. The Morgan fingerprint density at radius 1 is 1.15 bits per heavy atom. The van der Waals surface area contributed by atoms with E-state index < -0.39 is 0 Å². The van der Waals surface area contributed by atoms with Crippen molar-refractivity contribution in [2.45, 2.75) is 33.9 Å². The van der Waals surface area contributed by atoms with Crippen molar-refractivity contribution in [1.82, 2.24) is 29.5 Å². The van der Waals surface area contributed by atoms with Crippen LogP contribution in [0.4, 0.5) is 5.82 Å². The lowest BCUT2D eigenvalue weighted by atomic mass is 9.96. The summed E-state index contributed by atoms with van der Waals surface area (Å²) in [7, 11) is 0. The van der Waals surface area contributed by atoms with Crippen LogP contribution in [0.15, 0.2) is 49.1 Å². The molecule has 0 aliphatic heterocycles. The Bertz CT molecular complexity index is 1570. The first-order valence-corrected chi connectivity index (χ1v) is 11.3. The molecule has 8 nitrogen and oxygen atoms in total. The lowest BCUT2D eigenvalue weighted by molar-refractivity contribution is 0.0950. The van der Waals surface area contributed by atoms with E-state index in [9.17, 15) is 4.79 Å². The van der Waals surface area contributed by atoms with Gasteiger partial charge in [-0.2, -0.15) is 5.10 Å². The third-order valence-corrected chi connectivity index (χ3v) is 6.63. The van der Waals surface area contributed by atoms with E-state index in [4.69, 9.17) is 17.3 Å². The van der Waals surface area contributed by atoms with Crippen LogP contribution >= 0.6 is 11.6 Å². The molecule has 4 aromatic heterocycles. The molecule has 9 heteroatoms. The molecular formula is C25H24ClN7O. The highest BCUT2D eigenvalue weighted by atomic mass is 35.5. The largest absolute Gasteiger partial charge is 0.383 e. The van der Waals surface area contributed by atoms with Gasteiger partial charge < -0.3 is 15.5 Å². The predicted octanol–water partition coefficient (Wildman–Crippen LogP) is 4.22. The molecule has 5 aromatic rings. The van der Waals surface area contributed by atoms with Crippen molar-refractivity contribution in [3.63, 3.8) is 0 Å². The Kier molecular flexibility index (Phi) is 5.45. The second-order valence-electron chi connectivity index (χ2n) is 8.42. The molecule has 0 radical (unpaired) electrons. The molecule has 0 aliphatic carbocycles. The van der Waals surface area contributed by atoms with Gasteiger partial charge in [-0.05, 0) is 67.1 Å². The van der Waals surface area contributed by atoms with Gasteiger partial charge in [-0.25, -0.2) is 9.97 Å². The zero-order chi connectivity index (χ0) is 24.0. The number of rotatable bonds is 5. The minimum Gasteiger partial charge on any atom is -0.383 e. The second kappa shape index (κ2) is 8.46. The number of carbonyl (C=O) groups is 1. The van der Waals surface area contributed by atoms with Gasteiger partial charge in [0.25, 0.3) is 5.91 Å². The number of pyridine rings is 2. The highest BCUT2D eigenvalue weighted by Crippen LogP contribution is 2.28. The highest BCUT2D eigenvalue weighted by molar-refractivity contribution is 6.31. The first kappa shape index (κ1) is 21.9. The zero-order valence-electron chi connectivity index (χ0n) is 19.1. The molecule has 0 saturated heterocycles. The van der Waals surface area contributed by atoms with E-state index >= 15 is 0 Å². The molecule has 1 amide bonds. The van der Waals surface area contributed by atoms with Crippen molar-refractivity contribution < 1.29 is 4.79 Å². The van der Waals surface area contributed by atoms with Crippen molar-refractivity contribution in [2.75, 3.05) is 5.73 Å². The molecule has 0 atom stereocenters. The third kappa shape index (κ3) is 3.86. The molecule has 0 saturated carbocycles. The molecule has 4 heterocycles. The van der Waals surface area contributed by atoms with Gasteiger partial charge in [0.1, 0.15) is 11.5 Å². The van der Waals surface area contributed by atoms with E-state index in [1.165, 1.54) is 0 Å². The maximum absolute atomic E-state index is 12.8. The quantitative estimate of drug-likeness (QED) is 0.398. The van der Waals surface area contributed by atoms with Crippen molar-refractivity contribution >= 4 is 39.7 Å². The van der Waals surface area contributed by atoms with Gasteiger partial charge in [0, 0.05) is 36.2 Å². The number of nitrogens with one attached hydrogen (secondary N) is 1. The number of nitrogens with zero attached hydrogens (tertiary/aromatic N) is 5. The molecule has 0 unspecified atom stereocenters. The summed E-state index contributed by atoms with van der Waals surface area (Å²) in [5.41, 5.74) is 12.3. The molecule has 5 rings (SSSR count). The van der Waals surface area contributed by atoms with Crippen LogP contribution < -0.4 is 11.1 Å². The van der Waals surface area contributed by atoms with Crippen LogP contribution in [0.25, 0.3) is 16.4 Å². The zero-order valence-corrected chi connectivity index (χ0v) is 19.9. The molecule has 3 N–H and O–H groups in total. The van der Waals surface area contributed by atoms with Crippen molar-refractivity contribution in [1.29, 1.82) is 0 Å². The number of fused-ring (bicyclic) bond motifs is 2. The van der Waals surface area contributed by atoms with Crippen molar-refractivity contribution in [2.24, 2.45) is 0 Å². The number of nitrogen functional groups attached to an aromatic ring is 1. The van der Waals surface area contributed by atoms with Crippen LogP contribution in [0.1, 0.15) is 38.4 Å². The number of hydrogen-bond acceptors (Lipinski definition) is 5. The van der Waals surface area contributed by atoms with E-state index in [0.29, 0.717) is 29.5 Å². The minimum absolute atomic E-state index is 0.183. The first-order chi connectivity index (χ1) is 16.3. The first-order valence-electron chi connectivity index (χ1n) is 10.9. The van der Waals surface area contributed by atoms with Crippen LogP contribution in [0.3, 0.4) is 0 Å². The number of halogens is 1. The predicted molar refractivity (Wildman–Crippen MR) is 133 cm³/mol. The number of carbonyl (C=O) groups excluding carboxylic acids is 1. The average molecular weight is 474 g/mol. The van der Waals surface area contributed by atoms with Gasteiger partial charge in [0.05, 0.1) is 29.0 Å². The van der Waals surface area contributed by atoms with Gasteiger partial charge in [-0.15, -0.1) is 0 Å². The lowest BCUT2D eigenvalue weighted by Crippen LogP contribution is -2.23. The number of benzene rings is 1. The van der Waals surface area contributed by atoms with E-state index in [2.05, 4.69) is 20.4 Å². The summed E-state index contributed by atoms with van der Waals surface area (Å²) < 4.78 is 3.66. The Morgan fingerprint density at radius 3 is 2.79 bits per heavy atom. The monoisotopic (exact) mass is 473 g/mol. The van der Waals surface area contributed by atoms with E-state index in [-0.39, 0.29) is 5.91 Å². The van der Waals surface area contributed by atoms with Crippen molar-refractivity contribution in [3.8, 4) is 0 Å². The lowest BCUT2D eigenvalue weighted by Gasteiger charge is -2.14. The number of anilines is 1. The number of aryl methyl sites for hydroxylation is 3. The van der Waals surface area contributed by atoms with Gasteiger partial charge in [-0.3, -0.25) is 9.48 Å². The van der Waals surface area contributed by atoms with Crippen molar-refractivity contribution in [3.05, 3.63) is 87.7 Å². The number of imidazole rings is 1. The molecule has 0 aliphatic rings. The average Bonchev–Trinajstić information content (AvgIpc) is 3.44. The number of amides is 1. The molecule has 1 aromatic carbocycles. The Labute approximate surface area is 201 Å². The molecular weight excluding hydrogens is 450 g/mol.